The fourth-order valence-corrected chi connectivity index (χ4v) is 9.38. The molecule has 0 saturated carbocycles. The van der Waals surface area contributed by atoms with Gasteiger partial charge >= 0.3 is 6.72 Å². The smallest absolute Gasteiger partial charge is 0.324 e. The zero-order chi connectivity index (χ0) is 31.0. The summed E-state index contributed by atoms with van der Waals surface area (Å²) in [7, 11) is 0. The van der Waals surface area contributed by atoms with E-state index in [1.807, 2.05) is 6.07 Å². The SMILES string of the molecule is Nc1nc2c(nnn2[C@@H]2O[C@@H]3COP(O)(=S)O[C@H]4C[C@H](n5ccc6c(N)ccnc65)O[C@@H]4COP(=O)(S)C[C@@H]2[C@@H]3O)c(=O)[nH]1. The molecule has 7 N–H and O–H groups in total. The number of nitrogen functional groups attached to an aromatic ring is 2. The molecule has 236 valence electrons. The Balaban J connectivity index is 1.19. The molecule has 44 heavy (non-hydrogen) atoms. The van der Waals surface area contributed by atoms with Crippen LogP contribution < -0.4 is 17.0 Å². The van der Waals surface area contributed by atoms with Gasteiger partial charge in [-0.15, -0.1) is 5.10 Å². The molecule has 3 saturated heterocycles. The summed E-state index contributed by atoms with van der Waals surface area (Å²) < 4.78 is 46.3. The first-order valence-electron chi connectivity index (χ1n) is 13.3. The second-order valence-electron chi connectivity index (χ2n) is 10.6. The van der Waals surface area contributed by atoms with Gasteiger partial charge in [0, 0.05) is 42.0 Å². The molecule has 7 rings (SSSR count). The number of aliphatic hydroxyl groups is 1. The first-order chi connectivity index (χ1) is 20.9. The van der Waals surface area contributed by atoms with Gasteiger partial charge in [0.05, 0.1) is 25.4 Å². The van der Waals surface area contributed by atoms with Crippen molar-refractivity contribution in [2.45, 2.75) is 43.3 Å². The number of rotatable bonds is 2. The van der Waals surface area contributed by atoms with Crippen LogP contribution in [-0.4, -0.2) is 88.3 Å². The van der Waals surface area contributed by atoms with Crippen molar-refractivity contribution in [1.29, 1.82) is 0 Å². The van der Waals surface area contributed by atoms with E-state index in [9.17, 15) is 19.4 Å². The van der Waals surface area contributed by atoms with Crippen molar-refractivity contribution >= 4 is 71.2 Å². The summed E-state index contributed by atoms with van der Waals surface area (Å²) >= 11 is 9.65. The Kier molecular flexibility index (Phi) is 7.61. The summed E-state index contributed by atoms with van der Waals surface area (Å²) in [6, 6.07) is 3.50. The summed E-state index contributed by atoms with van der Waals surface area (Å²) in [6.45, 7) is -8.37. The number of hydrogen-bond acceptors (Lipinski definition) is 15. The second-order valence-corrected chi connectivity index (χ2v) is 17.1. The monoisotopic (exact) mass is 687 g/mol. The Hall–Kier alpha value is -2.48. The molecule has 3 aliphatic heterocycles. The highest BCUT2D eigenvalue weighted by atomic mass is 32.7. The number of aromatic amines is 1. The lowest BCUT2D eigenvalue weighted by Crippen LogP contribution is -2.32. The highest BCUT2D eigenvalue weighted by Gasteiger charge is 2.50. The molecule has 18 nitrogen and oxygen atoms in total. The van der Waals surface area contributed by atoms with Crippen LogP contribution in [0.2, 0.25) is 0 Å². The van der Waals surface area contributed by atoms with E-state index in [1.54, 1.807) is 23.0 Å². The first kappa shape index (κ1) is 30.2. The summed E-state index contributed by atoms with van der Waals surface area (Å²) in [5, 5.41) is 19.8. The van der Waals surface area contributed by atoms with Gasteiger partial charge in [0.2, 0.25) is 5.95 Å². The molecule has 7 heterocycles. The third-order valence-corrected chi connectivity index (χ3v) is 11.6. The van der Waals surface area contributed by atoms with Crippen LogP contribution in [-0.2, 0) is 39.4 Å². The number of nitrogens with one attached hydrogen (secondary N) is 1. The van der Waals surface area contributed by atoms with E-state index in [-0.39, 0.29) is 36.3 Å². The van der Waals surface area contributed by atoms with Crippen LogP contribution in [0.4, 0.5) is 11.6 Å². The number of aliphatic hydroxyl groups excluding tert-OH is 1. The van der Waals surface area contributed by atoms with E-state index in [1.165, 1.54) is 0 Å². The highest BCUT2D eigenvalue weighted by Crippen LogP contribution is 2.58. The topological polar surface area (TPSA) is 250 Å². The number of nitrogens with two attached hydrogens (primary N) is 2. The Morgan fingerprint density at radius 1 is 1.14 bits per heavy atom. The maximum atomic E-state index is 13.7. The van der Waals surface area contributed by atoms with E-state index in [0.717, 1.165) is 10.1 Å². The van der Waals surface area contributed by atoms with Crippen molar-refractivity contribution in [3.8, 4) is 0 Å². The van der Waals surface area contributed by atoms with Crippen LogP contribution in [0.3, 0.4) is 0 Å². The molecular formula is C22H27N9O9P2S2. The van der Waals surface area contributed by atoms with Crippen LogP contribution in [0.1, 0.15) is 18.9 Å². The number of aromatic nitrogens is 7. The molecule has 3 fully saturated rings. The number of nitrogens with zero attached hydrogens (tertiary/aromatic N) is 6. The predicted molar refractivity (Wildman–Crippen MR) is 161 cm³/mol. The fraction of sp³-hybridized carbons (Fsp3) is 0.500. The number of fused-ring (bicyclic) bond motifs is 5. The van der Waals surface area contributed by atoms with Gasteiger partial charge < -0.3 is 49.1 Å². The van der Waals surface area contributed by atoms with Crippen molar-refractivity contribution in [1.82, 2.24) is 34.5 Å². The zero-order valence-corrected chi connectivity index (χ0v) is 26.0. The number of anilines is 2. The summed E-state index contributed by atoms with van der Waals surface area (Å²) in [5.41, 5.74) is 12.2. The quantitative estimate of drug-likeness (QED) is 0.125. The maximum Gasteiger partial charge on any atom is 0.324 e. The average molecular weight is 688 g/mol. The first-order valence-corrected chi connectivity index (χ1v) is 18.9. The molecule has 0 amide bonds. The summed E-state index contributed by atoms with van der Waals surface area (Å²) in [5.74, 6) is -1.16. The van der Waals surface area contributed by atoms with Crippen molar-refractivity contribution in [3.63, 3.8) is 0 Å². The normalized spacial score (nSPS) is 36.6. The summed E-state index contributed by atoms with van der Waals surface area (Å²) in [4.78, 5) is 34.2. The molecule has 3 aliphatic rings. The van der Waals surface area contributed by atoms with Gasteiger partial charge in [-0.25, -0.2) is 4.98 Å². The Bertz CT molecular complexity index is 1910. The highest BCUT2D eigenvalue weighted by molar-refractivity contribution is 8.46. The summed E-state index contributed by atoms with van der Waals surface area (Å²) in [6.07, 6.45) is -2.57. The standard InChI is InChI=1S/C22H27N9O9P2S2/c23-11-1-3-25-18-9(11)2-4-30(18)15-5-12-13(38-15)6-36-41(34,43)8-10-17(32)14(7-37-42(35,44)40-12)39-21(10)31-19-16(28-29-31)20(33)27-22(24)26-19/h1-4,10,12-15,17,21,32H,5-8H2,(H2,23,25)(H,34,43)(H,35,44)(H3,24,26,27,33)/t10-,12+,13-,14-,15-,17+,21-,41?,42?/m1/s1. The number of hydrogen-bond donors (Lipinski definition) is 6. The van der Waals surface area contributed by atoms with E-state index >= 15 is 0 Å². The van der Waals surface area contributed by atoms with Crippen molar-refractivity contribution in [3.05, 3.63) is 34.9 Å². The van der Waals surface area contributed by atoms with Gasteiger partial charge in [0.15, 0.2) is 17.4 Å². The van der Waals surface area contributed by atoms with Crippen LogP contribution in [0.25, 0.3) is 22.2 Å². The minimum atomic E-state index is -3.94. The maximum absolute atomic E-state index is 13.7. The largest absolute Gasteiger partial charge is 0.398 e. The van der Waals surface area contributed by atoms with Gasteiger partial charge in [-0.3, -0.25) is 14.3 Å². The lowest BCUT2D eigenvalue weighted by atomic mass is 10.0. The third-order valence-electron chi connectivity index (χ3n) is 7.79. The number of pyridine rings is 1. The number of H-pyrrole nitrogens is 1. The van der Waals surface area contributed by atoms with Crippen LogP contribution >= 0.6 is 25.5 Å². The zero-order valence-electron chi connectivity index (χ0n) is 22.5. The molecule has 0 radical (unpaired) electrons. The lowest BCUT2D eigenvalue weighted by molar-refractivity contribution is -0.0535. The van der Waals surface area contributed by atoms with Gasteiger partial charge in [-0.1, -0.05) is 17.5 Å². The van der Waals surface area contributed by atoms with Crippen LogP contribution in [0.5, 0.6) is 0 Å². The minimum Gasteiger partial charge on any atom is -0.398 e. The predicted octanol–water partition coefficient (Wildman–Crippen LogP) is 0.663. The van der Waals surface area contributed by atoms with Gasteiger partial charge in [0.25, 0.3) is 12.1 Å². The minimum absolute atomic E-state index is 0.0244. The molecule has 9 atom stereocenters. The average Bonchev–Trinajstić information content (AvgIpc) is 3.72. The molecule has 22 heteroatoms. The van der Waals surface area contributed by atoms with Crippen LogP contribution in [0, 0.1) is 5.92 Å². The Labute approximate surface area is 257 Å². The van der Waals surface area contributed by atoms with Crippen molar-refractivity contribution in [2.24, 2.45) is 5.92 Å². The van der Waals surface area contributed by atoms with E-state index in [0.29, 0.717) is 11.3 Å². The third kappa shape index (κ3) is 5.47. The molecule has 2 bridgehead atoms. The van der Waals surface area contributed by atoms with Gasteiger partial charge in [-0.05, 0) is 23.9 Å². The molecule has 4 aromatic heterocycles. The molecule has 4 aromatic rings. The fourth-order valence-electron chi connectivity index (χ4n) is 5.73. The molecule has 2 unspecified atom stereocenters. The van der Waals surface area contributed by atoms with Crippen molar-refractivity contribution in [2.75, 3.05) is 30.8 Å². The number of ether oxygens (including phenoxy) is 2. The molecular weight excluding hydrogens is 660 g/mol. The van der Waals surface area contributed by atoms with Gasteiger partial charge in [0.1, 0.15) is 24.1 Å². The Morgan fingerprint density at radius 3 is 2.75 bits per heavy atom. The lowest BCUT2D eigenvalue weighted by Gasteiger charge is -2.26. The van der Waals surface area contributed by atoms with Crippen molar-refractivity contribution < 1.29 is 37.6 Å². The van der Waals surface area contributed by atoms with E-state index < -0.39 is 68.2 Å². The van der Waals surface area contributed by atoms with E-state index in [2.05, 4.69) is 37.5 Å². The van der Waals surface area contributed by atoms with Gasteiger partial charge in [-0.2, -0.15) is 9.67 Å². The second kappa shape index (κ2) is 11.1. The molecule has 0 spiro atoms. The molecule has 0 aliphatic carbocycles. The molecule has 0 aromatic carbocycles. The Morgan fingerprint density at radius 2 is 1.93 bits per heavy atom. The number of thiol groups is 1. The van der Waals surface area contributed by atoms with Crippen LogP contribution in [0.15, 0.2) is 29.3 Å². The van der Waals surface area contributed by atoms with E-state index in [4.69, 9.17) is 46.3 Å².